The molecule has 3 heterocycles. The van der Waals surface area contributed by atoms with Gasteiger partial charge in [0.25, 0.3) is 0 Å². The second-order valence-electron chi connectivity index (χ2n) is 4.73. The molecule has 0 unspecified atom stereocenters. The van der Waals surface area contributed by atoms with Crippen LogP contribution in [0.5, 0.6) is 0 Å². The van der Waals surface area contributed by atoms with Crippen LogP contribution in [-0.4, -0.2) is 23.7 Å². The smallest absolute Gasteiger partial charge is 0.228 e. The third-order valence-corrected chi connectivity index (χ3v) is 5.91. The van der Waals surface area contributed by atoms with Crippen LogP contribution in [0.3, 0.4) is 0 Å². The van der Waals surface area contributed by atoms with Crippen LogP contribution in [0.15, 0.2) is 29.4 Å². The van der Waals surface area contributed by atoms with Gasteiger partial charge < -0.3 is 4.90 Å². The Bertz CT molecular complexity index is 741. The number of nitrogens with zero attached hydrogens (tertiary/aromatic N) is 2. The van der Waals surface area contributed by atoms with Gasteiger partial charge in [-0.3, -0.25) is 9.78 Å². The first kappa shape index (κ1) is 14.2. The molecular weight excluding hydrogens is 300 g/mol. The van der Waals surface area contributed by atoms with Crippen LogP contribution in [0.1, 0.15) is 22.4 Å². The Morgan fingerprint density at radius 2 is 2.24 bits per heavy atom. The van der Waals surface area contributed by atoms with E-state index in [0.717, 1.165) is 21.2 Å². The number of fused-ring (bicyclic) bond motifs is 1. The zero-order valence-corrected chi connectivity index (χ0v) is 13.5. The van der Waals surface area contributed by atoms with Crippen molar-refractivity contribution in [3.05, 3.63) is 40.5 Å². The number of amides is 1. The summed E-state index contributed by atoms with van der Waals surface area (Å²) in [7, 11) is 1.85. The van der Waals surface area contributed by atoms with Crippen LogP contribution < -0.4 is 4.90 Å². The number of hydrogen-bond acceptors (Lipinski definition) is 4. The predicted molar refractivity (Wildman–Crippen MR) is 88.0 cm³/mol. The minimum atomic E-state index is 0.175. The zero-order valence-electron chi connectivity index (χ0n) is 11.8. The number of thiophene rings is 1. The number of pyridine rings is 1. The topological polar surface area (TPSA) is 33.2 Å². The Morgan fingerprint density at radius 3 is 3.00 bits per heavy atom. The standard InChI is InChI=1S/C16H14N2OS2/c1-11-13(6-5-12-4-3-8-17-10-12)21-16-15(11)20-9-7-14(19)18(16)2/h3-4,8,10H,7,9H2,1-2H3. The van der Waals surface area contributed by atoms with E-state index in [9.17, 15) is 4.79 Å². The van der Waals surface area contributed by atoms with Crippen LogP contribution in [0.2, 0.25) is 0 Å². The lowest BCUT2D eigenvalue weighted by Crippen LogP contribution is -2.24. The molecule has 0 atom stereocenters. The van der Waals surface area contributed by atoms with Gasteiger partial charge >= 0.3 is 0 Å². The van der Waals surface area contributed by atoms with Crippen LogP contribution in [-0.2, 0) is 4.79 Å². The minimum absolute atomic E-state index is 0.175. The number of carbonyl (C=O) groups is 1. The second kappa shape index (κ2) is 5.92. The van der Waals surface area contributed by atoms with E-state index in [4.69, 9.17) is 0 Å². The van der Waals surface area contributed by atoms with Crippen molar-refractivity contribution in [1.29, 1.82) is 0 Å². The van der Waals surface area contributed by atoms with Crippen LogP contribution in [0.4, 0.5) is 5.00 Å². The van der Waals surface area contributed by atoms with E-state index < -0.39 is 0 Å². The number of aromatic nitrogens is 1. The fourth-order valence-electron chi connectivity index (χ4n) is 2.08. The van der Waals surface area contributed by atoms with E-state index in [1.54, 1.807) is 40.4 Å². The fraction of sp³-hybridized carbons (Fsp3) is 0.250. The predicted octanol–water partition coefficient (Wildman–Crippen LogP) is 3.31. The van der Waals surface area contributed by atoms with E-state index in [1.165, 1.54) is 10.5 Å². The van der Waals surface area contributed by atoms with Crippen LogP contribution in [0.25, 0.3) is 0 Å². The molecule has 3 nitrogen and oxygen atoms in total. The lowest BCUT2D eigenvalue weighted by molar-refractivity contribution is -0.117. The molecule has 0 saturated heterocycles. The molecule has 1 aliphatic heterocycles. The van der Waals surface area contributed by atoms with Gasteiger partial charge in [0.1, 0.15) is 5.00 Å². The summed E-state index contributed by atoms with van der Waals surface area (Å²) in [5.74, 6) is 7.37. The Labute approximate surface area is 132 Å². The molecule has 0 aliphatic carbocycles. The summed E-state index contributed by atoms with van der Waals surface area (Å²) in [6, 6.07) is 3.82. The van der Waals surface area contributed by atoms with Gasteiger partial charge in [-0.15, -0.1) is 23.1 Å². The molecule has 0 bridgehead atoms. The minimum Gasteiger partial charge on any atom is -0.306 e. The highest BCUT2D eigenvalue weighted by molar-refractivity contribution is 7.99. The highest BCUT2D eigenvalue weighted by atomic mass is 32.2. The molecule has 0 spiro atoms. The first-order chi connectivity index (χ1) is 10.2. The zero-order chi connectivity index (χ0) is 14.8. The van der Waals surface area contributed by atoms with Crippen molar-refractivity contribution in [3.8, 4) is 11.8 Å². The third-order valence-electron chi connectivity index (χ3n) is 3.30. The molecule has 0 radical (unpaired) electrons. The average molecular weight is 314 g/mol. The quantitative estimate of drug-likeness (QED) is 0.700. The van der Waals surface area contributed by atoms with Crippen LogP contribution in [0, 0.1) is 18.8 Å². The molecule has 1 aliphatic rings. The Hall–Kier alpha value is -1.77. The molecule has 0 aromatic carbocycles. The monoisotopic (exact) mass is 314 g/mol. The van der Waals surface area contributed by atoms with Crippen molar-refractivity contribution in [2.75, 3.05) is 17.7 Å². The molecule has 3 rings (SSSR count). The Kier molecular flexibility index (Phi) is 4.00. The van der Waals surface area contributed by atoms with Gasteiger partial charge in [0, 0.05) is 42.1 Å². The maximum atomic E-state index is 12.0. The van der Waals surface area contributed by atoms with E-state index in [0.29, 0.717) is 6.42 Å². The molecule has 0 saturated carbocycles. The maximum Gasteiger partial charge on any atom is 0.228 e. The van der Waals surface area contributed by atoms with E-state index in [2.05, 4.69) is 23.7 Å². The molecular formula is C16H14N2OS2. The summed E-state index contributed by atoms with van der Waals surface area (Å²) in [6.45, 7) is 2.08. The third kappa shape index (κ3) is 2.82. The largest absolute Gasteiger partial charge is 0.306 e. The van der Waals surface area contributed by atoms with Crippen molar-refractivity contribution in [2.24, 2.45) is 0 Å². The van der Waals surface area contributed by atoms with Crippen molar-refractivity contribution in [1.82, 2.24) is 4.98 Å². The van der Waals surface area contributed by atoms with Crippen LogP contribution >= 0.6 is 23.1 Å². The number of rotatable bonds is 0. The highest BCUT2D eigenvalue weighted by Gasteiger charge is 2.24. The van der Waals surface area contributed by atoms with Gasteiger partial charge in [-0.05, 0) is 24.6 Å². The summed E-state index contributed by atoms with van der Waals surface area (Å²) in [5.41, 5.74) is 2.08. The molecule has 106 valence electrons. The molecule has 2 aromatic rings. The van der Waals surface area contributed by atoms with Crippen molar-refractivity contribution >= 4 is 34.0 Å². The molecule has 1 amide bonds. The lowest BCUT2D eigenvalue weighted by Gasteiger charge is -2.12. The first-order valence-corrected chi connectivity index (χ1v) is 8.42. The summed E-state index contributed by atoms with van der Waals surface area (Å²) < 4.78 is 0. The van der Waals surface area contributed by atoms with Gasteiger partial charge in [0.2, 0.25) is 5.91 Å². The van der Waals surface area contributed by atoms with Gasteiger partial charge in [-0.1, -0.05) is 11.8 Å². The number of carbonyl (C=O) groups excluding carboxylic acids is 1. The second-order valence-corrected chi connectivity index (χ2v) is 6.84. The molecule has 2 aromatic heterocycles. The van der Waals surface area contributed by atoms with Gasteiger partial charge in [-0.25, -0.2) is 0 Å². The van der Waals surface area contributed by atoms with E-state index >= 15 is 0 Å². The van der Waals surface area contributed by atoms with E-state index in [-0.39, 0.29) is 5.91 Å². The molecule has 21 heavy (non-hydrogen) atoms. The van der Waals surface area contributed by atoms with E-state index in [1.807, 2.05) is 19.2 Å². The maximum absolute atomic E-state index is 12.0. The Morgan fingerprint density at radius 1 is 1.38 bits per heavy atom. The van der Waals surface area contributed by atoms with Crippen molar-refractivity contribution in [2.45, 2.75) is 18.2 Å². The SMILES string of the molecule is Cc1c(C#Cc2cccnc2)sc2c1SCCC(=O)N2C. The molecule has 0 N–H and O–H groups in total. The fourth-order valence-corrected chi connectivity index (χ4v) is 4.54. The number of thioether (sulfide) groups is 1. The highest BCUT2D eigenvalue weighted by Crippen LogP contribution is 2.43. The summed E-state index contributed by atoms with van der Waals surface area (Å²) in [5, 5.41) is 1.02. The molecule has 0 fully saturated rings. The normalized spacial score (nSPS) is 14.2. The summed E-state index contributed by atoms with van der Waals surface area (Å²) in [4.78, 5) is 20.0. The lowest BCUT2D eigenvalue weighted by atomic mass is 10.2. The van der Waals surface area contributed by atoms with Crippen molar-refractivity contribution in [3.63, 3.8) is 0 Å². The van der Waals surface area contributed by atoms with Gasteiger partial charge in [0.05, 0.1) is 4.88 Å². The average Bonchev–Trinajstić information content (AvgIpc) is 2.74. The summed E-state index contributed by atoms with van der Waals surface area (Å²) in [6.07, 6.45) is 4.09. The van der Waals surface area contributed by atoms with Gasteiger partial charge in [-0.2, -0.15) is 0 Å². The van der Waals surface area contributed by atoms with Crippen molar-refractivity contribution < 1.29 is 4.79 Å². The summed E-state index contributed by atoms with van der Waals surface area (Å²) >= 11 is 3.35. The Balaban J connectivity index is 1.99. The number of anilines is 1. The van der Waals surface area contributed by atoms with Gasteiger partial charge in [0.15, 0.2) is 0 Å². The first-order valence-electron chi connectivity index (χ1n) is 6.61. The number of hydrogen-bond donors (Lipinski definition) is 0. The molecule has 5 heteroatoms.